The summed E-state index contributed by atoms with van der Waals surface area (Å²) in [4.78, 5) is 15.1. The van der Waals surface area contributed by atoms with Gasteiger partial charge in [0.15, 0.2) is 0 Å². The van der Waals surface area contributed by atoms with Crippen LogP contribution in [0.3, 0.4) is 0 Å². The second-order valence-electron chi connectivity index (χ2n) is 4.56. The zero-order valence-electron chi connectivity index (χ0n) is 9.79. The highest BCUT2D eigenvalue weighted by molar-refractivity contribution is 5.93. The number of aromatic nitrogens is 1. The predicted octanol–water partition coefficient (Wildman–Crippen LogP) is 2.53. The summed E-state index contributed by atoms with van der Waals surface area (Å²) >= 11 is 0. The van der Waals surface area contributed by atoms with Crippen LogP contribution in [0.2, 0.25) is 0 Å². The van der Waals surface area contributed by atoms with Crippen LogP contribution in [0, 0.1) is 11.9 Å². The number of carbonyl (C=O) groups is 1. The molecule has 1 aromatic rings. The number of carbonyl (C=O) groups excluding carboxylic acids is 1. The van der Waals surface area contributed by atoms with Crippen molar-refractivity contribution in [2.75, 3.05) is 6.54 Å². The largest absolute Gasteiger partial charge is 0.352 e. The Labute approximate surface area is 100 Å². The van der Waals surface area contributed by atoms with Crippen LogP contribution in [-0.4, -0.2) is 17.4 Å². The summed E-state index contributed by atoms with van der Waals surface area (Å²) < 4.78 is 12.8. The maximum atomic E-state index is 12.8. The summed E-state index contributed by atoms with van der Waals surface area (Å²) in [6.07, 6.45) is 7.52. The van der Waals surface area contributed by atoms with Crippen molar-refractivity contribution in [3.05, 3.63) is 29.8 Å². The number of nitrogens with zero attached hydrogens (tertiary/aromatic N) is 1. The summed E-state index contributed by atoms with van der Waals surface area (Å²) in [6, 6.07) is 2.68. The summed E-state index contributed by atoms with van der Waals surface area (Å²) in [5.74, 6) is -0.0813. The van der Waals surface area contributed by atoms with Crippen LogP contribution in [-0.2, 0) is 0 Å². The fraction of sp³-hybridized carbons (Fsp3) is 0.538. The van der Waals surface area contributed by atoms with Crippen LogP contribution in [0.4, 0.5) is 4.39 Å². The Morgan fingerprint density at radius 2 is 2.24 bits per heavy atom. The fourth-order valence-electron chi connectivity index (χ4n) is 2.33. The second kappa shape index (κ2) is 5.75. The van der Waals surface area contributed by atoms with E-state index in [1.807, 2.05) is 0 Å². The normalized spacial score (nSPS) is 16.1. The molecule has 1 heterocycles. The van der Waals surface area contributed by atoms with Gasteiger partial charge < -0.3 is 5.32 Å². The predicted molar refractivity (Wildman–Crippen MR) is 63.1 cm³/mol. The van der Waals surface area contributed by atoms with Crippen molar-refractivity contribution in [3.63, 3.8) is 0 Å². The first-order valence-corrected chi connectivity index (χ1v) is 6.15. The van der Waals surface area contributed by atoms with Crippen molar-refractivity contribution < 1.29 is 9.18 Å². The summed E-state index contributed by atoms with van der Waals surface area (Å²) in [7, 11) is 0. The first-order chi connectivity index (χ1) is 8.25. The van der Waals surface area contributed by atoms with E-state index in [-0.39, 0.29) is 5.91 Å². The van der Waals surface area contributed by atoms with Gasteiger partial charge in [-0.05, 0) is 18.4 Å². The molecule has 2 rings (SSSR count). The third-order valence-electron chi connectivity index (χ3n) is 3.30. The minimum Gasteiger partial charge on any atom is -0.352 e. The highest BCUT2D eigenvalue weighted by Crippen LogP contribution is 2.26. The fourth-order valence-corrected chi connectivity index (χ4v) is 2.33. The Kier molecular flexibility index (Phi) is 4.07. The van der Waals surface area contributed by atoms with Crippen molar-refractivity contribution in [3.8, 4) is 0 Å². The lowest BCUT2D eigenvalue weighted by molar-refractivity contribution is 0.0951. The van der Waals surface area contributed by atoms with Gasteiger partial charge in [-0.2, -0.15) is 4.39 Å². The van der Waals surface area contributed by atoms with E-state index in [4.69, 9.17) is 0 Å². The van der Waals surface area contributed by atoms with E-state index < -0.39 is 5.95 Å². The van der Waals surface area contributed by atoms with E-state index >= 15 is 0 Å². The number of halogens is 1. The van der Waals surface area contributed by atoms with E-state index in [2.05, 4.69) is 10.3 Å². The third-order valence-corrected chi connectivity index (χ3v) is 3.30. The van der Waals surface area contributed by atoms with Crippen molar-refractivity contribution >= 4 is 5.91 Å². The Balaban J connectivity index is 1.77. The van der Waals surface area contributed by atoms with E-state index in [1.165, 1.54) is 37.9 Å². The van der Waals surface area contributed by atoms with E-state index in [0.717, 1.165) is 18.4 Å². The van der Waals surface area contributed by atoms with Crippen LogP contribution in [0.15, 0.2) is 18.3 Å². The Hall–Kier alpha value is -1.45. The lowest BCUT2D eigenvalue weighted by atomic mass is 10.0. The zero-order valence-corrected chi connectivity index (χ0v) is 9.79. The van der Waals surface area contributed by atoms with Gasteiger partial charge in [0.2, 0.25) is 5.95 Å². The molecule has 1 aliphatic carbocycles. The lowest BCUT2D eigenvalue weighted by Gasteiger charge is -2.09. The molecule has 92 valence electrons. The topological polar surface area (TPSA) is 42.0 Å². The Morgan fingerprint density at radius 1 is 1.47 bits per heavy atom. The molecule has 0 aromatic carbocycles. The molecule has 1 saturated carbocycles. The molecule has 1 aliphatic rings. The molecule has 1 aromatic heterocycles. The zero-order chi connectivity index (χ0) is 12.1. The number of hydrogen-bond acceptors (Lipinski definition) is 2. The SMILES string of the molecule is O=C(NCCC1CCCC1)c1ccnc(F)c1. The lowest BCUT2D eigenvalue weighted by Crippen LogP contribution is -2.25. The van der Waals surface area contributed by atoms with Crippen molar-refractivity contribution in [2.45, 2.75) is 32.1 Å². The summed E-state index contributed by atoms with van der Waals surface area (Å²) in [6.45, 7) is 0.674. The van der Waals surface area contributed by atoms with Crippen LogP contribution >= 0.6 is 0 Å². The average molecular weight is 236 g/mol. The highest BCUT2D eigenvalue weighted by Gasteiger charge is 2.15. The quantitative estimate of drug-likeness (QED) is 0.816. The van der Waals surface area contributed by atoms with Gasteiger partial charge >= 0.3 is 0 Å². The van der Waals surface area contributed by atoms with Gasteiger partial charge in [-0.1, -0.05) is 25.7 Å². The van der Waals surface area contributed by atoms with Crippen LogP contribution in [0.25, 0.3) is 0 Å². The number of nitrogens with one attached hydrogen (secondary N) is 1. The van der Waals surface area contributed by atoms with Gasteiger partial charge in [-0.25, -0.2) is 4.98 Å². The van der Waals surface area contributed by atoms with Gasteiger partial charge in [0.25, 0.3) is 5.91 Å². The molecule has 0 saturated heterocycles. The van der Waals surface area contributed by atoms with Crippen LogP contribution < -0.4 is 5.32 Å². The standard InChI is InChI=1S/C13H17FN2O/c14-12-9-11(6-8-15-12)13(17)16-7-5-10-3-1-2-4-10/h6,8-10H,1-5,7H2,(H,16,17). The molecule has 0 unspecified atom stereocenters. The molecule has 0 spiro atoms. The maximum absolute atomic E-state index is 12.8. The van der Waals surface area contributed by atoms with Gasteiger partial charge in [0.05, 0.1) is 0 Å². The first kappa shape index (κ1) is 12.0. The molecule has 3 nitrogen and oxygen atoms in total. The van der Waals surface area contributed by atoms with Gasteiger partial charge in [0.1, 0.15) is 0 Å². The van der Waals surface area contributed by atoms with E-state index in [0.29, 0.717) is 12.1 Å². The van der Waals surface area contributed by atoms with Crippen molar-refractivity contribution in [2.24, 2.45) is 5.92 Å². The third kappa shape index (κ3) is 3.51. The second-order valence-corrected chi connectivity index (χ2v) is 4.56. The van der Waals surface area contributed by atoms with Gasteiger partial charge in [-0.3, -0.25) is 4.79 Å². The molecular formula is C13H17FN2O. The molecule has 17 heavy (non-hydrogen) atoms. The smallest absolute Gasteiger partial charge is 0.251 e. The maximum Gasteiger partial charge on any atom is 0.251 e. The molecule has 0 radical (unpaired) electrons. The van der Waals surface area contributed by atoms with Crippen LogP contribution in [0.5, 0.6) is 0 Å². The first-order valence-electron chi connectivity index (χ1n) is 6.15. The van der Waals surface area contributed by atoms with E-state index in [9.17, 15) is 9.18 Å². The minimum atomic E-state index is -0.617. The molecule has 1 fully saturated rings. The molecule has 0 aliphatic heterocycles. The number of rotatable bonds is 4. The van der Waals surface area contributed by atoms with Crippen molar-refractivity contribution in [1.29, 1.82) is 0 Å². The minimum absolute atomic E-state index is 0.218. The van der Waals surface area contributed by atoms with Gasteiger partial charge in [-0.15, -0.1) is 0 Å². The monoisotopic (exact) mass is 236 g/mol. The number of amides is 1. The molecule has 1 amide bonds. The van der Waals surface area contributed by atoms with Crippen LogP contribution in [0.1, 0.15) is 42.5 Å². The Morgan fingerprint density at radius 3 is 2.94 bits per heavy atom. The van der Waals surface area contributed by atoms with E-state index in [1.54, 1.807) is 0 Å². The summed E-state index contributed by atoms with van der Waals surface area (Å²) in [5, 5.41) is 2.82. The van der Waals surface area contributed by atoms with Gasteiger partial charge in [0, 0.05) is 24.4 Å². The molecule has 1 N–H and O–H groups in total. The Bertz CT molecular complexity index is 389. The molecule has 4 heteroatoms. The number of pyridine rings is 1. The molecule has 0 bridgehead atoms. The number of hydrogen-bond donors (Lipinski definition) is 1. The molecule has 0 atom stereocenters. The molecular weight excluding hydrogens is 219 g/mol. The summed E-state index contributed by atoms with van der Waals surface area (Å²) in [5.41, 5.74) is 0.337. The highest BCUT2D eigenvalue weighted by atomic mass is 19.1. The van der Waals surface area contributed by atoms with Crippen molar-refractivity contribution in [1.82, 2.24) is 10.3 Å². The average Bonchev–Trinajstić information content (AvgIpc) is 2.82.